The van der Waals surface area contributed by atoms with Crippen LogP contribution < -0.4 is 5.32 Å². The molecule has 4 fully saturated rings. The number of rotatable bonds is 3. The lowest BCUT2D eigenvalue weighted by molar-refractivity contribution is -0.0444. The van der Waals surface area contributed by atoms with Crippen molar-refractivity contribution >= 4 is 16.3 Å². The van der Waals surface area contributed by atoms with E-state index < -0.39 is 0 Å². The molecule has 5 rings (SSSR count). The van der Waals surface area contributed by atoms with Crippen LogP contribution in [-0.2, 0) is 0 Å². The van der Waals surface area contributed by atoms with Gasteiger partial charge in [0.15, 0.2) is 0 Å². The summed E-state index contributed by atoms with van der Waals surface area (Å²) < 4.78 is 0. The highest BCUT2D eigenvalue weighted by Gasteiger charge is 2.50. The maximum absolute atomic E-state index is 9.08. The average Bonchev–Trinajstić information content (AvgIpc) is 2.82. The molecule has 0 amide bonds. The Hall–Kier alpha value is -1.01. The van der Waals surface area contributed by atoms with E-state index in [4.69, 9.17) is 5.26 Å². The Morgan fingerprint density at radius 3 is 2.42 bits per heavy atom. The molecule has 3 heteroatoms. The van der Waals surface area contributed by atoms with Gasteiger partial charge in [-0.2, -0.15) is 5.26 Å². The number of nitriles is 1. The average molecular weight is 272 g/mol. The van der Waals surface area contributed by atoms with Gasteiger partial charge in [-0.15, -0.1) is 11.3 Å². The third-order valence-electron chi connectivity index (χ3n) is 5.57. The third kappa shape index (κ3) is 1.97. The lowest BCUT2D eigenvalue weighted by Gasteiger charge is -2.57. The van der Waals surface area contributed by atoms with E-state index in [2.05, 4.69) is 11.4 Å². The molecule has 1 aromatic heterocycles. The SMILES string of the molecule is N#Cc1ccsc1NCC12CC3CC(CC(C3)C1)C2. The molecule has 0 atom stereocenters. The van der Waals surface area contributed by atoms with E-state index in [1.807, 2.05) is 11.4 Å². The summed E-state index contributed by atoms with van der Waals surface area (Å²) in [6.45, 7) is 1.09. The molecule has 1 N–H and O–H groups in total. The summed E-state index contributed by atoms with van der Waals surface area (Å²) in [7, 11) is 0. The van der Waals surface area contributed by atoms with Gasteiger partial charge in [0.25, 0.3) is 0 Å². The summed E-state index contributed by atoms with van der Waals surface area (Å²) in [5.74, 6) is 3.02. The van der Waals surface area contributed by atoms with Crippen molar-refractivity contribution in [1.82, 2.24) is 0 Å². The molecule has 0 aromatic carbocycles. The standard InChI is InChI=1S/C16H20N2S/c17-9-14-1-2-19-15(14)18-10-16-6-11-3-12(7-16)5-13(4-11)8-16/h1-2,11-13,18H,3-8,10H2. The van der Waals surface area contributed by atoms with E-state index in [1.165, 1.54) is 38.5 Å². The summed E-state index contributed by atoms with van der Waals surface area (Å²) in [6, 6.07) is 4.21. The van der Waals surface area contributed by atoms with Gasteiger partial charge in [-0.1, -0.05) is 0 Å². The zero-order valence-electron chi connectivity index (χ0n) is 11.2. The van der Waals surface area contributed by atoms with Gasteiger partial charge in [0.05, 0.1) is 5.56 Å². The van der Waals surface area contributed by atoms with Crippen LogP contribution in [0.3, 0.4) is 0 Å². The van der Waals surface area contributed by atoms with Crippen LogP contribution in [0.25, 0.3) is 0 Å². The first kappa shape index (κ1) is 11.8. The molecule has 1 aromatic rings. The van der Waals surface area contributed by atoms with Crippen molar-refractivity contribution in [2.45, 2.75) is 38.5 Å². The first-order valence-electron chi connectivity index (χ1n) is 7.48. The van der Waals surface area contributed by atoms with E-state index in [9.17, 15) is 0 Å². The molecular weight excluding hydrogens is 252 g/mol. The largest absolute Gasteiger partial charge is 0.375 e. The lowest BCUT2D eigenvalue weighted by Crippen LogP contribution is -2.49. The normalized spacial score (nSPS) is 39.2. The molecule has 4 bridgehead atoms. The molecule has 4 aliphatic carbocycles. The fraction of sp³-hybridized carbons (Fsp3) is 0.688. The minimum atomic E-state index is 0.547. The van der Waals surface area contributed by atoms with E-state index in [0.29, 0.717) is 5.41 Å². The van der Waals surface area contributed by atoms with E-state index in [1.54, 1.807) is 11.3 Å². The van der Waals surface area contributed by atoms with Crippen LogP contribution in [0.15, 0.2) is 11.4 Å². The van der Waals surface area contributed by atoms with Crippen LogP contribution in [0.4, 0.5) is 5.00 Å². The molecule has 19 heavy (non-hydrogen) atoms. The Bertz CT molecular complexity index is 490. The smallest absolute Gasteiger partial charge is 0.106 e. The monoisotopic (exact) mass is 272 g/mol. The molecule has 4 saturated carbocycles. The highest BCUT2D eigenvalue weighted by atomic mass is 32.1. The lowest BCUT2D eigenvalue weighted by atomic mass is 9.49. The molecule has 100 valence electrons. The van der Waals surface area contributed by atoms with Crippen molar-refractivity contribution < 1.29 is 0 Å². The number of hydrogen-bond donors (Lipinski definition) is 1. The van der Waals surface area contributed by atoms with Gasteiger partial charge < -0.3 is 5.32 Å². The van der Waals surface area contributed by atoms with Gasteiger partial charge in [-0.05, 0) is 73.1 Å². The Labute approximate surface area is 118 Å². The second kappa shape index (κ2) is 4.24. The molecule has 0 saturated heterocycles. The summed E-state index contributed by atoms with van der Waals surface area (Å²) >= 11 is 1.67. The van der Waals surface area contributed by atoms with Crippen LogP contribution in [0, 0.1) is 34.5 Å². The van der Waals surface area contributed by atoms with Crippen LogP contribution in [0.5, 0.6) is 0 Å². The summed E-state index contributed by atoms with van der Waals surface area (Å²) in [6.07, 6.45) is 8.79. The van der Waals surface area contributed by atoms with Gasteiger partial charge in [-0.25, -0.2) is 0 Å². The summed E-state index contributed by atoms with van der Waals surface area (Å²) in [5, 5.41) is 15.8. The van der Waals surface area contributed by atoms with Crippen molar-refractivity contribution in [1.29, 1.82) is 5.26 Å². The van der Waals surface area contributed by atoms with Crippen LogP contribution >= 0.6 is 11.3 Å². The fourth-order valence-electron chi connectivity index (χ4n) is 5.31. The minimum absolute atomic E-state index is 0.547. The quantitative estimate of drug-likeness (QED) is 0.893. The maximum Gasteiger partial charge on any atom is 0.106 e. The zero-order chi connectivity index (χ0) is 12.9. The second-order valence-corrected chi connectivity index (χ2v) is 7.96. The fourth-order valence-corrected chi connectivity index (χ4v) is 6.04. The molecular formula is C16H20N2S. The van der Waals surface area contributed by atoms with Gasteiger partial charge in [0, 0.05) is 6.54 Å². The van der Waals surface area contributed by atoms with Crippen molar-refractivity contribution in [2.75, 3.05) is 11.9 Å². The molecule has 0 spiro atoms. The van der Waals surface area contributed by atoms with Crippen molar-refractivity contribution in [3.8, 4) is 6.07 Å². The molecule has 0 radical (unpaired) electrons. The van der Waals surface area contributed by atoms with Crippen LogP contribution in [0.1, 0.15) is 44.1 Å². The number of nitrogens with one attached hydrogen (secondary N) is 1. The highest BCUT2D eigenvalue weighted by Crippen LogP contribution is 2.59. The second-order valence-electron chi connectivity index (χ2n) is 7.05. The van der Waals surface area contributed by atoms with Crippen LogP contribution in [-0.4, -0.2) is 6.54 Å². The van der Waals surface area contributed by atoms with E-state index in [0.717, 1.165) is 34.9 Å². The minimum Gasteiger partial charge on any atom is -0.375 e. The Balaban J connectivity index is 1.50. The van der Waals surface area contributed by atoms with E-state index >= 15 is 0 Å². The topological polar surface area (TPSA) is 35.8 Å². The third-order valence-corrected chi connectivity index (χ3v) is 6.45. The molecule has 0 aliphatic heterocycles. The predicted molar refractivity (Wildman–Crippen MR) is 78.1 cm³/mol. The van der Waals surface area contributed by atoms with Gasteiger partial charge >= 0.3 is 0 Å². The number of hydrogen-bond acceptors (Lipinski definition) is 3. The predicted octanol–water partition coefficient (Wildman–Crippen LogP) is 4.25. The number of anilines is 1. The molecule has 1 heterocycles. The summed E-state index contributed by atoms with van der Waals surface area (Å²) in [4.78, 5) is 0. The van der Waals surface area contributed by atoms with Gasteiger partial charge in [0.2, 0.25) is 0 Å². The van der Waals surface area contributed by atoms with E-state index in [-0.39, 0.29) is 0 Å². The first-order valence-corrected chi connectivity index (χ1v) is 8.36. The Kier molecular flexibility index (Phi) is 2.63. The molecule has 2 nitrogen and oxygen atoms in total. The van der Waals surface area contributed by atoms with Gasteiger partial charge in [0.1, 0.15) is 11.1 Å². The van der Waals surface area contributed by atoms with Crippen molar-refractivity contribution in [3.05, 3.63) is 17.0 Å². The van der Waals surface area contributed by atoms with Crippen LogP contribution in [0.2, 0.25) is 0 Å². The van der Waals surface area contributed by atoms with Crippen molar-refractivity contribution in [2.24, 2.45) is 23.2 Å². The molecule has 4 aliphatic rings. The van der Waals surface area contributed by atoms with Crippen molar-refractivity contribution in [3.63, 3.8) is 0 Å². The first-order chi connectivity index (χ1) is 9.26. The number of thiophene rings is 1. The number of nitrogens with zero attached hydrogens (tertiary/aromatic N) is 1. The Morgan fingerprint density at radius 1 is 1.21 bits per heavy atom. The maximum atomic E-state index is 9.08. The zero-order valence-corrected chi connectivity index (χ0v) is 12.0. The highest BCUT2D eigenvalue weighted by molar-refractivity contribution is 7.14. The van der Waals surface area contributed by atoms with Gasteiger partial charge in [-0.3, -0.25) is 0 Å². The Morgan fingerprint density at radius 2 is 1.84 bits per heavy atom. The molecule has 0 unspecified atom stereocenters. The summed E-state index contributed by atoms with van der Waals surface area (Å²) in [5.41, 5.74) is 1.36.